The molecule has 0 saturated carbocycles. The number of aryl methyl sites for hydroxylation is 2. The first-order chi connectivity index (χ1) is 18.2. The number of rotatable bonds is 4. The molecule has 1 unspecified atom stereocenters. The number of imidazole rings is 1. The lowest BCUT2D eigenvalue weighted by atomic mass is 9.86. The Morgan fingerprint density at radius 1 is 1.00 bits per heavy atom. The molecule has 38 heavy (non-hydrogen) atoms. The van der Waals surface area contributed by atoms with Crippen molar-refractivity contribution in [1.82, 2.24) is 9.55 Å². The highest BCUT2D eigenvalue weighted by Gasteiger charge is 2.64. The van der Waals surface area contributed by atoms with Crippen LogP contribution >= 0.6 is 11.6 Å². The van der Waals surface area contributed by atoms with E-state index in [1.54, 1.807) is 24.1 Å². The van der Waals surface area contributed by atoms with Crippen molar-refractivity contribution in [2.45, 2.75) is 39.3 Å². The predicted molar refractivity (Wildman–Crippen MR) is 148 cm³/mol. The van der Waals surface area contributed by atoms with E-state index in [1.165, 1.54) is 0 Å². The normalized spacial score (nSPS) is 17.8. The van der Waals surface area contributed by atoms with Gasteiger partial charge in [-0.25, -0.2) is 4.98 Å². The van der Waals surface area contributed by atoms with Gasteiger partial charge in [0.05, 0.1) is 18.5 Å². The molecule has 1 atom stereocenters. The highest BCUT2D eigenvalue weighted by Crippen LogP contribution is 2.54. The van der Waals surface area contributed by atoms with Crippen LogP contribution in [0.5, 0.6) is 5.75 Å². The number of methoxy groups -OCH3 is 1. The lowest BCUT2D eigenvalue weighted by Crippen LogP contribution is -2.51. The van der Waals surface area contributed by atoms with Crippen LogP contribution in [0.3, 0.4) is 0 Å². The van der Waals surface area contributed by atoms with Gasteiger partial charge in [-0.2, -0.15) is 0 Å². The number of carbonyl (C=O) groups is 2. The van der Waals surface area contributed by atoms with Gasteiger partial charge in [0, 0.05) is 27.9 Å². The van der Waals surface area contributed by atoms with Gasteiger partial charge in [0.2, 0.25) is 0 Å². The smallest absolute Gasteiger partial charge is 0.280 e. The maximum Gasteiger partial charge on any atom is 0.280 e. The first-order valence-electron chi connectivity index (χ1n) is 12.5. The van der Waals surface area contributed by atoms with E-state index in [0.717, 1.165) is 22.4 Å². The van der Waals surface area contributed by atoms with Crippen LogP contribution in [0.15, 0.2) is 60.7 Å². The summed E-state index contributed by atoms with van der Waals surface area (Å²) in [7, 11) is 1.62. The summed E-state index contributed by atoms with van der Waals surface area (Å²) in [5.74, 6) is 0.700. The molecule has 0 aliphatic carbocycles. The second kappa shape index (κ2) is 8.46. The van der Waals surface area contributed by atoms with E-state index >= 15 is 0 Å². The monoisotopic (exact) mass is 526 g/mol. The van der Waals surface area contributed by atoms with Gasteiger partial charge in [0.25, 0.3) is 11.8 Å². The van der Waals surface area contributed by atoms with Crippen molar-refractivity contribution < 1.29 is 14.3 Å². The summed E-state index contributed by atoms with van der Waals surface area (Å²) in [5.41, 5.74) is 3.99. The van der Waals surface area contributed by atoms with E-state index in [1.807, 2.05) is 80.8 Å². The fourth-order valence-electron chi connectivity index (χ4n) is 5.72. The van der Waals surface area contributed by atoms with Crippen LogP contribution in [0.1, 0.15) is 52.8 Å². The Labute approximate surface area is 226 Å². The number of aromatic nitrogens is 2. The van der Waals surface area contributed by atoms with Crippen LogP contribution in [0.25, 0.3) is 11.4 Å². The van der Waals surface area contributed by atoms with Crippen LogP contribution in [-0.2, 0) is 10.3 Å². The summed E-state index contributed by atoms with van der Waals surface area (Å²) < 4.78 is 7.35. The Balaban J connectivity index is 1.71. The van der Waals surface area contributed by atoms with Crippen LogP contribution in [-0.4, -0.2) is 28.5 Å². The second-order valence-corrected chi connectivity index (χ2v) is 10.5. The summed E-state index contributed by atoms with van der Waals surface area (Å²) in [5, 5.41) is 3.55. The molecule has 7 nitrogen and oxygen atoms in total. The molecule has 2 aliphatic heterocycles. The zero-order chi connectivity index (χ0) is 26.9. The van der Waals surface area contributed by atoms with Crippen LogP contribution in [0.2, 0.25) is 5.02 Å². The van der Waals surface area contributed by atoms with Crippen molar-refractivity contribution in [3.63, 3.8) is 0 Å². The van der Waals surface area contributed by atoms with Crippen molar-refractivity contribution in [1.29, 1.82) is 0 Å². The van der Waals surface area contributed by atoms with E-state index in [9.17, 15) is 9.59 Å². The highest BCUT2D eigenvalue weighted by molar-refractivity contribution is 6.31. The number of amides is 2. The lowest BCUT2D eigenvalue weighted by molar-refractivity contribution is -0.119. The third-order valence-electron chi connectivity index (χ3n) is 7.41. The Morgan fingerprint density at radius 2 is 1.74 bits per heavy atom. The number of hydrogen-bond acceptors (Lipinski definition) is 4. The number of fused-ring (bicyclic) bond motifs is 4. The molecule has 4 aromatic rings. The Morgan fingerprint density at radius 3 is 2.42 bits per heavy atom. The quantitative estimate of drug-likeness (QED) is 0.340. The maximum absolute atomic E-state index is 14.4. The van der Waals surface area contributed by atoms with Gasteiger partial charge >= 0.3 is 0 Å². The molecule has 0 radical (unpaired) electrons. The van der Waals surface area contributed by atoms with Crippen molar-refractivity contribution in [3.8, 4) is 17.1 Å². The number of anilines is 2. The summed E-state index contributed by atoms with van der Waals surface area (Å²) in [6.45, 7) is 7.94. The van der Waals surface area contributed by atoms with Crippen molar-refractivity contribution in [3.05, 3.63) is 93.8 Å². The molecule has 3 heterocycles. The number of carbonyl (C=O) groups excluding carboxylic acids is 2. The van der Waals surface area contributed by atoms with E-state index < -0.39 is 5.54 Å². The number of ether oxygens (including phenoxy) is 1. The van der Waals surface area contributed by atoms with E-state index in [-0.39, 0.29) is 23.6 Å². The average molecular weight is 527 g/mol. The summed E-state index contributed by atoms with van der Waals surface area (Å²) in [4.78, 5) is 35.1. The van der Waals surface area contributed by atoms with Gasteiger partial charge in [-0.1, -0.05) is 29.8 Å². The SMILES string of the molecule is COc1ccc(-c2nc3c(n2C(C)C)C2(C(=O)Nc4cc(C)ccc42)N(c2cc(Cl)ccc2C)C3=O)cc1. The molecule has 1 aromatic heterocycles. The van der Waals surface area contributed by atoms with Crippen molar-refractivity contribution in [2.24, 2.45) is 0 Å². The molecule has 1 N–H and O–H groups in total. The largest absolute Gasteiger partial charge is 0.497 e. The molecule has 2 amide bonds. The fourth-order valence-corrected chi connectivity index (χ4v) is 5.89. The van der Waals surface area contributed by atoms with E-state index in [4.69, 9.17) is 21.3 Å². The minimum Gasteiger partial charge on any atom is -0.497 e. The molecule has 2 aliphatic rings. The average Bonchev–Trinajstić information content (AvgIpc) is 3.49. The predicted octanol–water partition coefficient (Wildman–Crippen LogP) is 6.27. The topological polar surface area (TPSA) is 76.5 Å². The molecule has 0 fully saturated rings. The first kappa shape index (κ1) is 24.2. The maximum atomic E-state index is 14.4. The lowest BCUT2D eigenvalue weighted by Gasteiger charge is -2.36. The minimum atomic E-state index is -1.45. The molecule has 0 bridgehead atoms. The Bertz CT molecular complexity index is 1640. The molecule has 192 valence electrons. The standard InChI is InChI=1S/C30H27ClN4O3/c1-16(2)34-26-25(33-27(34)19-8-11-21(38-5)12-9-19)28(36)35(24-15-20(31)10-7-18(24)4)30(26)22-13-6-17(3)14-23(22)32-29(30)37/h6-16H,1-5H3,(H,32,37). The molecule has 0 saturated heterocycles. The number of nitrogens with zero attached hydrogens (tertiary/aromatic N) is 3. The summed E-state index contributed by atoms with van der Waals surface area (Å²) >= 11 is 6.42. The van der Waals surface area contributed by atoms with Crippen molar-refractivity contribution >= 4 is 34.8 Å². The zero-order valence-corrected chi connectivity index (χ0v) is 22.6. The van der Waals surface area contributed by atoms with E-state index in [0.29, 0.717) is 33.5 Å². The molecule has 6 rings (SSSR count). The van der Waals surface area contributed by atoms with Crippen LogP contribution in [0, 0.1) is 13.8 Å². The van der Waals surface area contributed by atoms with Gasteiger partial charge in [-0.3, -0.25) is 14.5 Å². The highest BCUT2D eigenvalue weighted by atomic mass is 35.5. The fraction of sp³-hybridized carbons (Fsp3) is 0.233. The van der Waals surface area contributed by atoms with Gasteiger partial charge in [0.15, 0.2) is 11.2 Å². The second-order valence-electron chi connectivity index (χ2n) is 10.1. The van der Waals surface area contributed by atoms with Crippen LogP contribution < -0.4 is 15.0 Å². The number of halogens is 1. The Kier molecular flexibility index (Phi) is 5.40. The Hall–Kier alpha value is -4.10. The number of nitrogens with one attached hydrogen (secondary N) is 1. The van der Waals surface area contributed by atoms with Gasteiger partial charge in [0.1, 0.15) is 11.6 Å². The van der Waals surface area contributed by atoms with E-state index in [2.05, 4.69) is 5.32 Å². The molecular formula is C30H27ClN4O3. The first-order valence-corrected chi connectivity index (χ1v) is 12.9. The molecular weight excluding hydrogens is 500 g/mol. The zero-order valence-electron chi connectivity index (χ0n) is 21.8. The molecule has 1 spiro atoms. The molecule has 3 aromatic carbocycles. The number of hydrogen-bond donors (Lipinski definition) is 1. The molecule has 8 heteroatoms. The minimum absolute atomic E-state index is 0.101. The van der Waals surface area contributed by atoms with Gasteiger partial charge in [-0.05, 0) is 81.3 Å². The van der Waals surface area contributed by atoms with Crippen LogP contribution in [0.4, 0.5) is 11.4 Å². The third kappa shape index (κ3) is 3.18. The summed E-state index contributed by atoms with van der Waals surface area (Å²) in [6.07, 6.45) is 0. The number of benzene rings is 3. The third-order valence-corrected chi connectivity index (χ3v) is 7.65. The van der Waals surface area contributed by atoms with Gasteiger partial charge < -0.3 is 14.6 Å². The van der Waals surface area contributed by atoms with Crippen molar-refractivity contribution in [2.75, 3.05) is 17.3 Å². The van der Waals surface area contributed by atoms with Gasteiger partial charge in [-0.15, -0.1) is 0 Å². The summed E-state index contributed by atoms with van der Waals surface area (Å²) in [6, 6.07) is 18.7.